The van der Waals surface area contributed by atoms with Crippen LogP contribution in [-0.4, -0.2) is 61.9 Å². The number of nitrogens with zero attached hydrogens (tertiary/aromatic N) is 3. The number of amidine groups is 1. The van der Waals surface area contributed by atoms with Crippen LogP contribution in [0, 0.1) is 19.8 Å². The molecule has 0 atom stereocenters. The van der Waals surface area contributed by atoms with Crippen molar-refractivity contribution in [2.75, 3.05) is 30.8 Å². The third-order valence-corrected chi connectivity index (χ3v) is 9.81. The molecule has 3 N–H and O–H groups in total. The van der Waals surface area contributed by atoms with Crippen LogP contribution in [-0.2, 0) is 21.2 Å². The van der Waals surface area contributed by atoms with Gasteiger partial charge in [-0.2, -0.15) is 0 Å². The summed E-state index contributed by atoms with van der Waals surface area (Å²) in [6.45, 7) is 4.44. The van der Waals surface area contributed by atoms with E-state index < -0.39 is 21.6 Å². The molecule has 3 aliphatic rings. The first-order valence-corrected chi connectivity index (χ1v) is 14.2. The quantitative estimate of drug-likeness (QED) is 0.619. The summed E-state index contributed by atoms with van der Waals surface area (Å²) in [5.41, 5.74) is 8.05. The van der Waals surface area contributed by atoms with Crippen molar-refractivity contribution >= 4 is 33.5 Å². The van der Waals surface area contributed by atoms with Gasteiger partial charge in [-0.1, -0.05) is 19.3 Å². The largest absolute Gasteiger partial charge is 0.351 e. The molecule has 0 radical (unpaired) electrons. The predicted molar refractivity (Wildman–Crippen MR) is 137 cm³/mol. The van der Waals surface area contributed by atoms with E-state index in [0.717, 1.165) is 35.4 Å². The van der Waals surface area contributed by atoms with E-state index in [0.29, 0.717) is 44.0 Å². The first kappa shape index (κ1) is 25.6. The molecule has 3 amide bonds. The zero-order valence-corrected chi connectivity index (χ0v) is 21.8. The van der Waals surface area contributed by atoms with Gasteiger partial charge in [0.05, 0.1) is 5.75 Å². The third-order valence-electron chi connectivity index (χ3n) is 7.94. The summed E-state index contributed by atoms with van der Waals surface area (Å²) in [5, 5.41) is 3.03. The van der Waals surface area contributed by atoms with E-state index in [9.17, 15) is 18.0 Å². The van der Waals surface area contributed by atoms with E-state index in [1.165, 1.54) is 28.5 Å². The number of carbonyl (C=O) groups excluding carboxylic acids is 2. The van der Waals surface area contributed by atoms with E-state index >= 15 is 0 Å². The number of sulfonamides is 1. The summed E-state index contributed by atoms with van der Waals surface area (Å²) < 4.78 is 27.8. The standard InChI is InChI=1S/C25H37N5O4S/c1-17-15-20(29(3)24(26)32)16-18(2)21(17)9-14-35(33,34)30-12-10-25(11-13-30)23(31)27-22(28-25)19-7-5-4-6-8-19/h15-16,19H,4-14H2,1-3H3,(H2,26,32)(H,27,28,31). The average Bonchev–Trinajstić information content (AvgIpc) is 3.14. The molecular weight excluding hydrogens is 466 g/mol. The Balaban J connectivity index is 1.39. The third kappa shape index (κ3) is 5.23. The van der Waals surface area contributed by atoms with Gasteiger partial charge in [0, 0.05) is 31.7 Å². The Labute approximate surface area is 208 Å². The van der Waals surface area contributed by atoms with Crippen LogP contribution < -0.4 is 16.0 Å². The van der Waals surface area contributed by atoms with Crippen molar-refractivity contribution in [2.45, 2.75) is 70.8 Å². The number of piperidine rings is 1. The topological polar surface area (TPSA) is 125 Å². The number of carbonyl (C=O) groups is 2. The molecule has 35 heavy (non-hydrogen) atoms. The molecule has 9 nitrogen and oxygen atoms in total. The number of primary amides is 1. The summed E-state index contributed by atoms with van der Waals surface area (Å²) in [6, 6.07) is 3.16. The van der Waals surface area contributed by atoms with Gasteiger partial charge in [0.15, 0.2) is 0 Å². The molecule has 2 fully saturated rings. The molecule has 0 bridgehead atoms. The van der Waals surface area contributed by atoms with Gasteiger partial charge < -0.3 is 11.1 Å². The minimum atomic E-state index is -3.48. The lowest BCUT2D eigenvalue weighted by molar-refractivity contribution is -0.125. The number of hydrogen-bond donors (Lipinski definition) is 2. The van der Waals surface area contributed by atoms with Gasteiger partial charge in [0.25, 0.3) is 5.91 Å². The molecular formula is C25H37N5O4S. The van der Waals surface area contributed by atoms with Gasteiger partial charge in [0.2, 0.25) is 10.0 Å². The van der Waals surface area contributed by atoms with E-state index in [1.807, 2.05) is 26.0 Å². The van der Waals surface area contributed by atoms with E-state index in [1.54, 1.807) is 7.05 Å². The first-order chi connectivity index (χ1) is 16.5. The van der Waals surface area contributed by atoms with Crippen LogP contribution in [0.1, 0.15) is 61.6 Å². The molecule has 4 rings (SSSR count). The molecule has 2 heterocycles. The van der Waals surface area contributed by atoms with Crippen LogP contribution in [0.25, 0.3) is 0 Å². The average molecular weight is 504 g/mol. The van der Waals surface area contributed by atoms with Crippen LogP contribution >= 0.6 is 0 Å². The van der Waals surface area contributed by atoms with Crippen molar-refractivity contribution in [2.24, 2.45) is 16.6 Å². The number of nitrogens with two attached hydrogens (primary N) is 1. The van der Waals surface area contributed by atoms with Gasteiger partial charge in [-0.25, -0.2) is 17.5 Å². The molecule has 192 valence electrons. The normalized spacial score (nSPS) is 21.1. The minimum absolute atomic E-state index is 0.00449. The summed E-state index contributed by atoms with van der Waals surface area (Å²) in [5.74, 6) is 1.08. The lowest BCUT2D eigenvalue weighted by atomic mass is 9.88. The molecule has 1 aliphatic carbocycles. The van der Waals surface area contributed by atoms with Crippen LogP contribution in [0.5, 0.6) is 0 Å². The smallest absolute Gasteiger partial charge is 0.318 e. The Kier molecular flexibility index (Phi) is 7.24. The fourth-order valence-corrected chi connectivity index (χ4v) is 7.09. The van der Waals surface area contributed by atoms with Gasteiger partial charge in [-0.15, -0.1) is 0 Å². The van der Waals surface area contributed by atoms with Gasteiger partial charge in [-0.05, 0) is 74.8 Å². The summed E-state index contributed by atoms with van der Waals surface area (Å²) in [6.07, 6.45) is 6.92. The van der Waals surface area contributed by atoms with Crippen LogP contribution in [0.2, 0.25) is 0 Å². The second-order valence-corrected chi connectivity index (χ2v) is 12.3. The van der Waals surface area contributed by atoms with Gasteiger partial charge >= 0.3 is 6.03 Å². The lowest BCUT2D eigenvalue weighted by Gasteiger charge is -2.34. The Hall–Kier alpha value is -2.46. The van der Waals surface area contributed by atoms with Gasteiger partial charge in [0.1, 0.15) is 11.4 Å². The maximum Gasteiger partial charge on any atom is 0.318 e. The van der Waals surface area contributed by atoms with Crippen molar-refractivity contribution in [1.82, 2.24) is 9.62 Å². The Morgan fingerprint density at radius 2 is 1.77 bits per heavy atom. The highest BCUT2D eigenvalue weighted by atomic mass is 32.2. The number of urea groups is 1. The molecule has 1 saturated heterocycles. The van der Waals surface area contributed by atoms with Crippen LogP contribution in [0.4, 0.5) is 10.5 Å². The minimum Gasteiger partial charge on any atom is -0.351 e. The van der Waals surface area contributed by atoms with E-state index in [-0.39, 0.29) is 11.7 Å². The molecule has 0 unspecified atom stereocenters. The Morgan fingerprint density at radius 1 is 1.17 bits per heavy atom. The summed E-state index contributed by atoms with van der Waals surface area (Å²) >= 11 is 0. The molecule has 1 aromatic rings. The molecule has 2 aliphatic heterocycles. The highest BCUT2D eigenvalue weighted by molar-refractivity contribution is 7.89. The molecule has 0 aromatic heterocycles. The monoisotopic (exact) mass is 503 g/mol. The summed E-state index contributed by atoms with van der Waals surface area (Å²) in [7, 11) is -1.88. The van der Waals surface area contributed by atoms with Crippen molar-refractivity contribution in [1.29, 1.82) is 0 Å². The highest BCUT2D eigenvalue weighted by Gasteiger charge is 2.48. The number of amides is 3. The number of aliphatic imine (C=N–C) groups is 1. The van der Waals surface area contributed by atoms with Crippen molar-refractivity contribution < 1.29 is 18.0 Å². The maximum atomic E-state index is 13.2. The van der Waals surface area contributed by atoms with Crippen LogP contribution in [0.3, 0.4) is 0 Å². The fourth-order valence-electron chi connectivity index (χ4n) is 5.63. The molecule has 10 heteroatoms. The fraction of sp³-hybridized carbons (Fsp3) is 0.640. The maximum absolute atomic E-state index is 13.2. The van der Waals surface area contributed by atoms with E-state index in [4.69, 9.17) is 10.7 Å². The Morgan fingerprint density at radius 3 is 2.34 bits per heavy atom. The summed E-state index contributed by atoms with van der Waals surface area (Å²) in [4.78, 5) is 30.5. The van der Waals surface area contributed by atoms with E-state index in [2.05, 4.69) is 5.32 Å². The van der Waals surface area contributed by atoms with Crippen molar-refractivity contribution in [3.05, 3.63) is 28.8 Å². The van der Waals surface area contributed by atoms with Crippen LogP contribution in [0.15, 0.2) is 17.1 Å². The SMILES string of the molecule is Cc1cc(N(C)C(N)=O)cc(C)c1CCS(=O)(=O)N1CCC2(CC1)N=C(C1CCCCC1)NC2=O. The predicted octanol–water partition coefficient (Wildman–Crippen LogP) is 2.63. The number of benzene rings is 1. The lowest BCUT2D eigenvalue weighted by Crippen LogP contribution is -2.51. The molecule has 1 aromatic carbocycles. The van der Waals surface area contributed by atoms with Crippen molar-refractivity contribution in [3.63, 3.8) is 0 Å². The second kappa shape index (κ2) is 9.89. The van der Waals surface area contributed by atoms with Crippen molar-refractivity contribution in [3.8, 4) is 0 Å². The second-order valence-electron chi connectivity index (χ2n) is 10.2. The molecule has 1 saturated carbocycles. The number of rotatable bonds is 6. The number of aryl methyl sites for hydroxylation is 2. The zero-order valence-electron chi connectivity index (χ0n) is 21.0. The highest BCUT2D eigenvalue weighted by Crippen LogP contribution is 2.35. The first-order valence-electron chi connectivity index (χ1n) is 12.5. The Bertz CT molecular complexity index is 1110. The number of anilines is 1. The van der Waals surface area contributed by atoms with Gasteiger partial charge in [-0.3, -0.25) is 14.7 Å². The molecule has 1 spiro atoms. The number of nitrogens with one attached hydrogen (secondary N) is 1. The number of hydrogen-bond acceptors (Lipinski definition) is 5. The zero-order chi connectivity index (χ0) is 25.4.